The van der Waals surface area contributed by atoms with E-state index in [0.717, 1.165) is 12.0 Å². The monoisotopic (exact) mass is 346 g/mol. The van der Waals surface area contributed by atoms with E-state index in [4.69, 9.17) is 11.6 Å². The molecule has 0 aromatic carbocycles. The molecule has 1 atom stereocenters. The van der Waals surface area contributed by atoms with Gasteiger partial charge in [-0.15, -0.1) is 0 Å². The number of hydrogen-bond donors (Lipinski definition) is 0. The number of pyridine rings is 1. The van der Waals surface area contributed by atoms with Crippen LogP contribution in [0.1, 0.15) is 5.56 Å². The third-order valence-corrected chi connectivity index (χ3v) is 3.79. The summed E-state index contributed by atoms with van der Waals surface area (Å²) < 4.78 is 0. The summed E-state index contributed by atoms with van der Waals surface area (Å²) in [5.74, 6) is 0.493. The van der Waals surface area contributed by atoms with Crippen LogP contribution < -0.4 is 0 Å². The van der Waals surface area contributed by atoms with Gasteiger partial charge in [0.1, 0.15) is 5.15 Å². The van der Waals surface area contributed by atoms with Gasteiger partial charge in [0.15, 0.2) is 5.84 Å². The summed E-state index contributed by atoms with van der Waals surface area (Å²) in [5.41, 5.74) is 1.04. The first-order valence-electron chi connectivity index (χ1n) is 5.75. The van der Waals surface area contributed by atoms with E-state index in [-0.39, 0.29) is 4.92 Å². The van der Waals surface area contributed by atoms with Gasteiger partial charge >= 0.3 is 4.95 Å². The fraction of sp³-hybridized carbons (Fsp3) is 0.455. The minimum absolute atomic E-state index is 0.388. The Bertz CT molecular complexity index is 494. The van der Waals surface area contributed by atoms with Crippen LogP contribution in [0.25, 0.3) is 0 Å². The molecule has 0 fully saturated rings. The summed E-state index contributed by atoms with van der Waals surface area (Å²) in [4.78, 5) is 19.6. The van der Waals surface area contributed by atoms with Crippen LogP contribution in [-0.2, 0) is 6.42 Å². The largest absolute Gasteiger partial charge is 0.352 e. The Morgan fingerprint density at radius 3 is 3.00 bits per heavy atom. The molecule has 1 aromatic heterocycles. The van der Waals surface area contributed by atoms with Crippen molar-refractivity contribution in [2.45, 2.75) is 11.4 Å². The summed E-state index contributed by atoms with van der Waals surface area (Å²) in [5, 5.41) is 11.2. The van der Waals surface area contributed by atoms with E-state index in [1.165, 1.54) is 0 Å². The van der Waals surface area contributed by atoms with Crippen LogP contribution in [-0.4, -0.2) is 45.2 Å². The second kappa shape index (κ2) is 6.29. The summed E-state index contributed by atoms with van der Waals surface area (Å²) in [6, 6.07) is 3.64. The number of aliphatic imine (C=N–C) groups is 1. The van der Waals surface area contributed by atoms with Crippen LogP contribution in [0.4, 0.5) is 0 Å². The van der Waals surface area contributed by atoms with Gasteiger partial charge in [-0.1, -0.05) is 17.7 Å². The van der Waals surface area contributed by atoms with Crippen molar-refractivity contribution in [2.24, 2.45) is 4.99 Å². The second-order valence-electron chi connectivity index (χ2n) is 4.09. The average molecular weight is 348 g/mol. The van der Waals surface area contributed by atoms with Gasteiger partial charge < -0.3 is 4.90 Å². The van der Waals surface area contributed by atoms with Crippen molar-refractivity contribution < 1.29 is 4.92 Å². The highest BCUT2D eigenvalue weighted by Crippen LogP contribution is 2.14. The molecule has 1 unspecified atom stereocenters. The van der Waals surface area contributed by atoms with Crippen LogP contribution in [0.3, 0.4) is 0 Å². The first-order valence-corrected chi connectivity index (χ1v) is 7.04. The van der Waals surface area contributed by atoms with Gasteiger partial charge in [-0.3, -0.25) is 15.1 Å². The van der Waals surface area contributed by atoms with Gasteiger partial charge in [0.2, 0.25) is 0 Å². The molecule has 2 rings (SSSR count). The van der Waals surface area contributed by atoms with Crippen LogP contribution in [0.15, 0.2) is 23.3 Å². The van der Waals surface area contributed by atoms with Gasteiger partial charge in [-0.05, 0) is 18.1 Å². The Hall–Kier alpha value is -1.21. The number of aromatic nitrogens is 1. The maximum Gasteiger partial charge on any atom is 0.321 e. The minimum atomic E-state index is -0.932. The lowest BCUT2D eigenvalue weighted by atomic mass is 10.2. The zero-order chi connectivity index (χ0) is 13.8. The maximum atomic E-state index is 10.8. The van der Waals surface area contributed by atoms with Crippen LogP contribution >= 0.6 is 27.5 Å². The van der Waals surface area contributed by atoms with Crippen LogP contribution in [0, 0.1) is 10.1 Å². The predicted octanol–water partition coefficient (Wildman–Crippen LogP) is 1.99. The molecule has 0 N–H and O–H groups in total. The van der Waals surface area contributed by atoms with Crippen molar-refractivity contribution in [3.63, 3.8) is 0 Å². The van der Waals surface area contributed by atoms with E-state index < -0.39 is 4.95 Å². The molecule has 0 aliphatic carbocycles. The molecule has 0 saturated carbocycles. The van der Waals surface area contributed by atoms with Gasteiger partial charge in [0, 0.05) is 40.1 Å². The minimum Gasteiger partial charge on any atom is -0.352 e. The Labute approximate surface area is 123 Å². The number of rotatable bonds is 5. The van der Waals surface area contributed by atoms with Crippen molar-refractivity contribution in [3.8, 4) is 0 Å². The Morgan fingerprint density at radius 2 is 2.37 bits per heavy atom. The molecule has 2 heterocycles. The quantitative estimate of drug-likeness (QED) is 0.268. The smallest absolute Gasteiger partial charge is 0.321 e. The maximum absolute atomic E-state index is 10.8. The predicted molar refractivity (Wildman–Crippen MR) is 76.5 cm³/mol. The topological polar surface area (TPSA) is 71.6 Å². The molecule has 0 bridgehead atoms. The SMILES string of the molecule is O=[N+]([O-])C(Br)C1=NCCN1CCc1ccc(Cl)nc1. The van der Waals surface area contributed by atoms with E-state index >= 15 is 0 Å². The van der Waals surface area contributed by atoms with Gasteiger partial charge in [-0.2, -0.15) is 0 Å². The van der Waals surface area contributed by atoms with Crippen molar-refractivity contribution in [3.05, 3.63) is 39.2 Å². The van der Waals surface area contributed by atoms with E-state index in [1.54, 1.807) is 12.3 Å². The van der Waals surface area contributed by atoms with Gasteiger partial charge in [0.25, 0.3) is 0 Å². The fourth-order valence-corrected chi connectivity index (χ4v) is 2.41. The number of amidine groups is 1. The summed E-state index contributed by atoms with van der Waals surface area (Å²) in [6.45, 7) is 1.99. The Kier molecular flexibility index (Phi) is 4.71. The van der Waals surface area contributed by atoms with Crippen molar-refractivity contribution in [1.29, 1.82) is 0 Å². The van der Waals surface area contributed by atoms with E-state index in [2.05, 4.69) is 25.9 Å². The normalized spacial score (nSPS) is 16.3. The lowest BCUT2D eigenvalue weighted by molar-refractivity contribution is -0.476. The molecule has 8 heteroatoms. The second-order valence-corrected chi connectivity index (χ2v) is 5.34. The summed E-state index contributed by atoms with van der Waals surface area (Å²) >= 11 is 8.76. The molecular formula is C11H12BrClN4O2. The van der Waals surface area contributed by atoms with Crippen LogP contribution in [0.5, 0.6) is 0 Å². The van der Waals surface area contributed by atoms with Crippen molar-refractivity contribution >= 4 is 33.4 Å². The van der Waals surface area contributed by atoms with Gasteiger partial charge in [-0.25, -0.2) is 4.98 Å². The Balaban J connectivity index is 1.94. The third-order valence-electron chi connectivity index (χ3n) is 2.82. The third kappa shape index (κ3) is 3.63. The highest BCUT2D eigenvalue weighted by molar-refractivity contribution is 9.09. The molecule has 1 aromatic rings. The first-order chi connectivity index (χ1) is 9.08. The van der Waals surface area contributed by atoms with E-state index in [9.17, 15) is 10.1 Å². The zero-order valence-corrected chi connectivity index (χ0v) is 12.3. The Morgan fingerprint density at radius 1 is 1.58 bits per heavy atom. The highest BCUT2D eigenvalue weighted by Gasteiger charge is 2.31. The molecule has 1 aliphatic heterocycles. The lowest BCUT2D eigenvalue weighted by Gasteiger charge is -2.19. The lowest BCUT2D eigenvalue weighted by Crippen LogP contribution is -2.38. The van der Waals surface area contributed by atoms with E-state index in [1.807, 2.05) is 11.0 Å². The fourth-order valence-electron chi connectivity index (χ4n) is 1.86. The van der Waals surface area contributed by atoms with E-state index in [0.29, 0.717) is 30.6 Å². The molecule has 0 amide bonds. The van der Waals surface area contributed by atoms with Crippen LogP contribution in [0.2, 0.25) is 5.15 Å². The molecule has 1 aliphatic rings. The molecule has 19 heavy (non-hydrogen) atoms. The molecule has 0 spiro atoms. The first kappa shape index (κ1) is 14.2. The number of hydrogen-bond acceptors (Lipinski definition) is 5. The molecular weight excluding hydrogens is 336 g/mol. The molecule has 6 nitrogen and oxygen atoms in total. The highest BCUT2D eigenvalue weighted by atomic mass is 79.9. The van der Waals surface area contributed by atoms with Crippen molar-refractivity contribution in [2.75, 3.05) is 19.6 Å². The summed E-state index contributed by atoms with van der Waals surface area (Å²) in [7, 11) is 0. The zero-order valence-electron chi connectivity index (χ0n) is 10.00. The van der Waals surface area contributed by atoms with Gasteiger partial charge in [0.05, 0.1) is 6.54 Å². The number of alkyl halides is 1. The standard InChI is InChI=1S/C11H12BrClN4O2/c12-10(17(18)19)11-14-4-6-16(11)5-3-8-1-2-9(13)15-7-8/h1-2,7,10H,3-6H2. The number of halogens is 2. The number of nitro groups is 1. The summed E-state index contributed by atoms with van der Waals surface area (Å²) in [6.07, 6.45) is 2.47. The molecule has 0 saturated heterocycles. The molecule has 102 valence electrons. The number of nitrogens with zero attached hydrogens (tertiary/aromatic N) is 4. The molecule has 0 radical (unpaired) electrons. The average Bonchev–Trinajstić information content (AvgIpc) is 2.85. The van der Waals surface area contributed by atoms with Crippen molar-refractivity contribution in [1.82, 2.24) is 9.88 Å².